The maximum atomic E-state index is 11.7. The highest BCUT2D eigenvalue weighted by Gasteiger charge is 2.68. The van der Waals surface area contributed by atoms with Crippen molar-refractivity contribution >= 4 is 0 Å². The molecule has 0 amide bonds. The van der Waals surface area contributed by atoms with Gasteiger partial charge in [0.2, 0.25) is 12.0 Å². The number of rotatable bonds is 11. The summed E-state index contributed by atoms with van der Waals surface area (Å²) in [6, 6.07) is 0. The molecule has 374 valence electrons. The number of hydrogen-bond donors (Lipinski definition) is 12. The van der Waals surface area contributed by atoms with Crippen LogP contribution >= 0.6 is 0 Å². The van der Waals surface area contributed by atoms with E-state index >= 15 is 0 Å². The Bertz CT molecular complexity index is 1740. The molecule has 0 bridgehead atoms. The minimum atomic E-state index is -2.43. The number of allylic oxidation sites excluding steroid dienone is 2. The second-order valence-electron chi connectivity index (χ2n) is 21.9. The van der Waals surface area contributed by atoms with Crippen LogP contribution in [0.3, 0.4) is 0 Å². The van der Waals surface area contributed by atoms with Crippen molar-refractivity contribution in [2.24, 2.45) is 45.3 Å². The highest BCUT2D eigenvalue weighted by atomic mass is 16.7. The first-order valence-electron chi connectivity index (χ1n) is 23.8. The molecule has 0 aromatic rings. The molecular formula is C48H80O17. The van der Waals surface area contributed by atoms with Gasteiger partial charge in [-0.3, -0.25) is 0 Å². The van der Waals surface area contributed by atoms with Gasteiger partial charge in [-0.05, 0) is 111 Å². The summed E-state index contributed by atoms with van der Waals surface area (Å²) in [5.74, 6) is -2.17. The van der Waals surface area contributed by atoms with Crippen molar-refractivity contribution in [2.45, 2.75) is 199 Å². The Hall–Kier alpha value is -2.10. The van der Waals surface area contributed by atoms with Gasteiger partial charge in [0.25, 0.3) is 6.29 Å². The highest BCUT2D eigenvalue weighted by molar-refractivity contribution is 5.30. The molecule has 0 radical (unpaired) electrons. The van der Waals surface area contributed by atoms with E-state index in [1.165, 1.54) is 26.7 Å². The normalized spacial score (nSPS) is 45.6. The summed E-state index contributed by atoms with van der Waals surface area (Å²) in [5.41, 5.74) is -0.200. The number of aliphatic hydroxyl groups is 12. The number of hydrogen-bond acceptors (Lipinski definition) is 17. The second-order valence-corrected chi connectivity index (χ2v) is 21.9. The Labute approximate surface area is 383 Å². The van der Waals surface area contributed by atoms with E-state index in [0.717, 1.165) is 32.1 Å². The minimum Gasteiger partial charge on any atom is -0.506 e. The van der Waals surface area contributed by atoms with Crippen molar-refractivity contribution < 1.29 is 85.0 Å². The van der Waals surface area contributed by atoms with Crippen LogP contribution in [0.25, 0.3) is 0 Å². The van der Waals surface area contributed by atoms with E-state index in [2.05, 4.69) is 47.6 Å². The maximum absolute atomic E-state index is 11.7. The fraction of sp³-hybridized carbons (Fsp3) is 0.875. The molecule has 0 aromatic heterocycles. The molecule has 4 fully saturated rings. The third-order valence-electron chi connectivity index (χ3n) is 17.7. The molecular weight excluding hydrogens is 849 g/mol. The Balaban J connectivity index is 1.30. The first-order valence-corrected chi connectivity index (χ1v) is 23.8. The molecule has 0 spiro atoms. The van der Waals surface area contributed by atoms with Gasteiger partial charge in [-0.1, -0.05) is 53.2 Å². The van der Waals surface area contributed by atoms with Gasteiger partial charge < -0.3 is 85.0 Å². The predicted octanol–water partition coefficient (Wildman–Crippen LogP) is 3.07. The fourth-order valence-electron chi connectivity index (χ4n) is 13.0. The van der Waals surface area contributed by atoms with Crippen molar-refractivity contribution in [1.29, 1.82) is 0 Å². The monoisotopic (exact) mass is 929 g/mol. The number of fused-ring (bicyclic) bond motifs is 5. The van der Waals surface area contributed by atoms with Crippen LogP contribution in [0, 0.1) is 45.3 Å². The summed E-state index contributed by atoms with van der Waals surface area (Å²) in [4.78, 5) is 0. The molecule has 12 N–H and O–H groups in total. The summed E-state index contributed by atoms with van der Waals surface area (Å²) in [5, 5.41) is 130. The molecule has 2 heterocycles. The van der Waals surface area contributed by atoms with Crippen LogP contribution < -0.4 is 0 Å². The highest BCUT2D eigenvalue weighted by Crippen LogP contribution is 2.75. The van der Waals surface area contributed by atoms with Gasteiger partial charge in [0.05, 0.1) is 24.9 Å². The molecule has 0 aromatic carbocycles. The molecule has 6 rings (SSSR count). The van der Waals surface area contributed by atoms with Crippen molar-refractivity contribution in [3.8, 4) is 0 Å². The van der Waals surface area contributed by atoms with Crippen molar-refractivity contribution in [3.05, 3.63) is 34.7 Å². The largest absolute Gasteiger partial charge is 0.506 e. The van der Waals surface area contributed by atoms with Gasteiger partial charge in [0.15, 0.2) is 23.6 Å². The van der Waals surface area contributed by atoms with E-state index in [0.29, 0.717) is 17.8 Å². The van der Waals surface area contributed by atoms with Crippen molar-refractivity contribution in [1.82, 2.24) is 0 Å². The third kappa shape index (κ3) is 9.63. The van der Waals surface area contributed by atoms with Gasteiger partial charge in [0, 0.05) is 25.4 Å². The van der Waals surface area contributed by atoms with E-state index < -0.39 is 123 Å². The Morgan fingerprint density at radius 1 is 0.831 bits per heavy atom. The zero-order valence-corrected chi connectivity index (χ0v) is 39.5. The summed E-state index contributed by atoms with van der Waals surface area (Å²) < 4.78 is 29.0. The van der Waals surface area contributed by atoms with Crippen LogP contribution in [0.15, 0.2) is 34.7 Å². The van der Waals surface area contributed by atoms with Gasteiger partial charge in [0.1, 0.15) is 42.7 Å². The van der Waals surface area contributed by atoms with Gasteiger partial charge in [-0.25, -0.2) is 0 Å². The van der Waals surface area contributed by atoms with E-state index in [-0.39, 0.29) is 46.8 Å². The molecule has 17 heteroatoms. The lowest BCUT2D eigenvalue weighted by Gasteiger charge is -2.66. The summed E-state index contributed by atoms with van der Waals surface area (Å²) in [6.07, 6.45) is -9.07. The van der Waals surface area contributed by atoms with Crippen LogP contribution in [0.5, 0.6) is 0 Å². The molecule has 2 aliphatic heterocycles. The lowest BCUT2D eigenvalue weighted by Crippen LogP contribution is -2.59. The number of aliphatic hydroxyl groups excluding tert-OH is 11. The Morgan fingerprint density at radius 2 is 1.52 bits per heavy atom. The molecule has 1 saturated heterocycles. The molecule has 12 unspecified atom stereocenters. The van der Waals surface area contributed by atoms with Crippen LogP contribution in [0.1, 0.15) is 126 Å². The summed E-state index contributed by atoms with van der Waals surface area (Å²) in [6.45, 7) is 15.7. The average molecular weight is 929 g/mol. The first kappa shape index (κ1) is 52.3. The molecule has 65 heavy (non-hydrogen) atoms. The van der Waals surface area contributed by atoms with E-state index in [1.54, 1.807) is 5.57 Å². The van der Waals surface area contributed by atoms with Gasteiger partial charge in [-0.15, -0.1) is 0 Å². The Kier molecular flexibility index (Phi) is 15.9. The first-order chi connectivity index (χ1) is 30.3. The maximum Gasteiger partial charge on any atom is 0.259 e. The topological polar surface area (TPSA) is 289 Å². The van der Waals surface area contributed by atoms with E-state index in [9.17, 15) is 61.3 Å². The lowest BCUT2D eigenvalue weighted by molar-refractivity contribution is -0.301. The van der Waals surface area contributed by atoms with Crippen LogP contribution in [-0.4, -0.2) is 154 Å². The fourth-order valence-corrected chi connectivity index (χ4v) is 13.0. The third-order valence-corrected chi connectivity index (χ3v) is 17.7. The number of ether oxygens (including phenoxy) is 5. The lowest BCUT2D eigenvalue weighted by atomic mass is 9.39. The predicted molar refractivity (Wildman–Crippen MR) is 234 cm³/mol. The minimum absolute atomic E-state index is 0.0628. The molecule has 17 nitrogen and oxygen atoms in total. The van der Waals surface area contributed by atoms with Gasteiger partial charge in [-0.2, -0.15) is 0 Å². The van der Waals surface area contributed by atoms with Crippen molar-refractivity contribution in [2.75, 3.05) is 19.8 Å². The summed E-state index contributed by atoms with van der Waals surface area (Å²) in [7, 11) is 0. The van der Waals surface area contributed by atoms with E-state index in [4.69, 9.17) is 23.7 Å². The van der Waals surface area contributed by atoms with Crippen LogP contribution in [0.4, 0.5) is 0 Å². The zero-order valence-electron chi connectivity index (χ0n) is 39.5. The smallest absolute Gasteiger partial charge is 0.259 e. The standard InChI is InChI=1S/C48H80O17/c1-24-9-10-26-25(44(24,2)3)11-13-32-46(26,6)19-20-47(7)27(15-18-48(32,47)8)30-12-14-33(45(4,5)60)64-42(59)40(65-41(58)38(57)39(62-30)29(52)16-21-49)34(53)28(51)17-22-61-43-37(56)36(55)35(54)31(23-50)63-43/h11,24,26-33,35-37,41-43,49-60H,9-10,12-23H2,1-8H3/b39-38+,40-34-/t24-,26?,27+,28?,29?,30+,31?,32?,33?,35?,36?,37?,41?,42?,43?,46-,47+,48-/m0/s1. The molecule has 6 aliphatic rings. The van der Waals surface area contributed by atoms with Crippen LogP contribution in [-0.2, 0) is 23.7 Å². The van der Waals surface area contributed by atoms with Gasteiger partial charge >= 0.3 is 0 Å². The SMILES string of the molecule is C[C@H]1CCC2C(=CCC3[C@@]2(C)CC[C@]2(C)[C@@H]([C@H]4CCC(C(C)(C)O)OC(O)/C(=C(/O)C(O)CCOC5OC(CO)C(O)C(O)C5O)OC(O)/C(O)=C(/C(O)CCO)O4)CC[C@@]32C)C1(C)C. The molecule has 18 atom stereocenters. The molecule has 4 aliphatic carbocycles. The van der Waals surface area contributed by atoms with Crippen molar-refractivity contribution in [3.63, 3.8) is 0 Å². The Morgan fingerprint density at radius 3 is 2.17 bits per heavy atom. The van der Waals surface area contributed by atoms with Crippen LogP contribution in [0.2, 0.25) is 0 Å². The molecule has 3 saturated carbocycles. The average Bonchev–Trinajstić information content (AvgIpc) is 3.52. The quantitative estimate of drug-likeness (QED) is 0.105. The summed E-state index contributed by atoms with van der Waals surface area (Å²) >= 11 is 0. The second kappa shape index (κ2) is 19.7. The van der Waals surface area contributed by atoms with E-state index in [1.807, 2.05) is 0 Å². The zero-order chi connectivity index (χ0) is 48.2.